The Labute approximate surface area is 175 Å². The van der Waals surface area contributed by atoms with Crippen LogP contribution in [0.2, 0.25) is 5.15 Å². The van der Waals surface area contributed by atoms with Gasteiger partial charge in [0.2, 0.25) is 6.20 Å². The number of nitrogens with one attached hydrogen (secondary N) is 1. The summed E-state index contributed by atoms with van der Waals surface area (Å²) < 4.78 is 3.53. The molecule has 2 N–H and O–H groups in total. The summed E-state index contributed by atoms with van der Waals surface area (Å²) in [6, 6.07) is 13.9. The van der Waals surface area contributed by atoms with Gasteiger partial charge in [0.05, 0.1) is 16.4 Å². The molecule has 3 heterocycles. The number of hydrogen-bond donors (Lipinski definition) is 2. The Bertz CT molecular complexity index is 1150. The van der Waals surface area contributed by atoms with E-state index in [1.807, 2.05) is 49.4 Å². The van der Waals surface area contributed by atoms with Crippen molar-refractivity contribution in [2.45, 2.75) is 19.9 Å². The maximum absolute atomic E-state index is 10.0. The maximum Gasteiger partial charge on any atom is 0.328 e. The number of anilines is 1. The average Bonchev–Trinajstić information content (AvgIpc) is 3.10. The molecular weight excluding hydrogens is 442 g/mol. The summed E-state index contributed by atoms with van der Waals surface area (Å²) in [6.45, 7) is 2.49. The third kappa shape index (κ3) is 3.55. The van der Waals surface area contributed by atoms with Crippen molar-refractivity contribution in [3.05, 3.63) is 75.6 Å². The fourth-order valence-corrected chi connectivity index (χ4v) is 3.62. The first-order valence-corrected chi connectivity index (χ1v) is 9.99. The lowest BCUT2D eigenvalue weighted by Crippen LogP contribution is -2.33. The molecule has 0 unspecified atom stereocenters. The summed E-state index contributed by atoms with van der Waals surface area (Å²) in [7, 11) is 0. The van der Waals surface area contributed by atoms with Crippen molar-refractivity contribution in [2.24, 2.45) is 0 Å². The standard InChI is InChI=1S/C20H18BrClN5O/c1-2-14-8-13(12-26(28)19(14)22)10-23-18-9-17(15-6-4-3-5-7-15)25-20-16(21)11-24-27(18)20/h3-9,11-12,23,28H,2,10H2,1H3/q+1. The summed E-state index contributed by atoms with van der Waals surface area (Å²) in [6.07, 6.45) is 4.06. The highest BCUT2D eigenvalue weighted by Crippen LogP contribution is 2.26. The highest BCUT2D eigenvalue weighted by molar-refractivity contribution is 9.10. The molecule has 28 heavy (non-hydrogen) atoms. The van der Waals surface area contributed by atoms with Crippen LogP contribution in [0.25, 0.3) is 16.9 Å². The molecule has 0 saturated heterocycles. The molecule has 0 saturated carbocycles. The Hall–Kier alpha value is -2.64. The SMILES string of the molecule is CCc1cc(CNc2cc(-c3ccccc3)nc3c(Br)cnn23)c[n+](O)c1Cl. The normalized spacial score (nSPS) is 11.1. The lowest BCUT2D eigenvalue weighted by Gasteiger charge is -2.11. The van der Waals surface area contributed by atoms with Crippen LogP contribution >= 0.6 is 27.5 Å². The van der Waals surface area contributed by atoms with Gasteiger partial charge in [0, 0.05) is 34.0 Å². The number of benzene rings is 1. The van der Waals surface area contributed by atoms with Crippen LogP contribution in [0.15, 0.2) is 59.3 Å². The van der Waals surface area contributed by atoms with Crippen molar-refractivity contribution in [1.82, 2.24) is 14.6 Å². The van der Waals surface area contributed by atoms with E-state index in [0.29, 0.717) is 11.7 Å². The highest BCUT2D eigenvalue weighted by Gasteiger charge is 2.16. The minimum atomic E-state index is 0.333. The molecule has 0 spiro atoms. The molecular formula is C20H18BrClN5O+. The van der Waals surface area contributed by atoms with Crippen LogP contribution in [-0.2, 0) is 13.0 Å². The number of pyridine rings is 1. The molecule has 0 aliphatic rings. The Balaban J connectivity index is 1.72. The van der Waals surface area contributed by atoms with Crippen LogP contribution in [-0.4, -0.2) is 19.8 Å². The first-order chi connectivity index (χ1) is 13.6. The van der Waals surface area contributed by atoms with Crippen molar-refractivity contribution < 1.29 is 9.94 Å². The van der Waals surface area contributed by atoms with Crippen LogP contribution < -0.4 is 10.0 Å². The fraction of sp³-hybridized carbons (Fsp3) is 0.150. The number of halogens is 2. The monoisotopic (exact) mass is 458 g/mol. The van der Waals surface area contributed by atoms with E-state index in [9.17, 15) is 5.21 Å². The molecule has 0 aliphatic carbocycles. The van der Waals surface area contributed by atoms with Gasteiger partial charge in [0.15, 0.2) is 5.65 Å². The summed E-state index contributed by atoms with van der Waals surface area (Å²) in [5.41, 5.74) is 4.39. The number of aryl methyl sites for hydroxylation is 1. The van der Waals surface area contributed by atoms with E-state index >= 15 is 0 Å². The van der Waals surface area contributed by atoms with Crippen molar-refractivity contribution in [1.29, 1.82) is 0 Å². The van der Waals surface area contributed by atoms with Gasteiger partial charge in [0.25, 0.3) is 0 Å². The van der Waals surface area contributed by atoms with Crippen molar-refractivity contribution in [3.63, 3.8) is 0 Å². The zero-order valence-electron chi connectivity index (χ0n) is 15.1. The lowest BCUT2D eigenvalue weighted by atomic mass is 10.1. The van der Waals surface area contributed by atoms with Gasteiger partial charge >= 0.3 is 5.15 Å². The van der Waals surface area contributed by atoms with Gasteiger partial charge in [-0.15, -0.1) is 0 Å². The summed E-state index contributed by atoms with van der Waals surface area (Å²) >= 11 is 9.63. The second-order valence-corrected chi connectivity index (χ2v) is 7.55. The predicted octanol–water partition coefficient (Wildman–Crippen LogP) is 4.51. The number of rotatable bonds is 5. The van der Waals surface area contributed by atoms with Gasteiger partial charge < -0.3 is 5.32 Å². The average molecular weight is 460 g/mol. The topological polar surface area (TPSA) is 66.3 Å². The Morgan fingerprint density at radius 3 is 2.79 bits per heavy atom. The Morgan fingerprint density at radius 1 is 1.25 bits per heavy atom. The maximum atomic E-state index is 10.0. The molecule has 0 radical (unpaired) electrons. The number of fused-ring (bicyclic) bond motifs is 1. The van der Waals surface area contributed by atoms with Crippen LogP contribution in [0.1, 0.15) is 18.1 Å². The number of hydrogen-bond acceptors (Lipinski definition) is 4. The van der Waals surface area contributed by atoms with Crippen molar-refractivity contribution >= 4 is 39.0 Å². The summed E-state index contributed by atoms with van der Waals surface area (Å²) in [5.74, 6) is 0.798. The number of nitrogens with zero attached hydrogens (tertiary/aromatic N) is 4. The molecule has 3 aromatic heterocycles. The minimum Gasteiger partial charge on any atom is -0.366 e. The summed E-state index contributed by atoms with van der Waals surface area (Å²) in [5, 5.41) is 18.1. The second-order valence-electron chi connectivity index (χ2n) is 6.34. The van der Waals surface area contributed by atoms with Gasteiger partial charge in [-0.2, -0.15) is 9.61 Å². The summed E-state index contributed by atoms with van der Waals surface area (Å²) in [4.78, 5) is 4.73. The van der Waals surface area contributed by atoms with E-state index in [0.717, 1.165) is 49.5 Å². The Kier molecular flexibility index (Phi) is 5.19. The quantitative estimate of drug-likeness (QED) is 0.262. The highest BCUT2D eigenvalue weighted by atomic mass is 79.9. The molecule has 4 rings (SSSR count). The predicted molar refractivity (Wildman–Crippen MR) is 112 cm³/mol. The molecule has 6 nitrogen and oxygen atoms in total. The van der Waals surface area contributed by atoms with E-state index in [1.165, 1.54) is 0 Å². The van der Waals surface area contributed by atoms with Gasteiger partial charge in [-0.1, -0.05) is 37.3 Å². The molecule has 1 aromatic carbocycles. The zero-order valence-corrected chi connectivity index (χ0v) is 17.4. The smallest absolute Gasteiger partial charge is 0.328 e. The van der Waals surface area contributed by atoms with E-state index in [1.54, 1.807) is 16.9 Å². The molecule has 142 valence electrons. The van der Waals surface area contributed by atoms with E-state index in [2.05, 4.69) is 26.3 Å². The van der Waals surface area contributed by atoms with Gasteiger partial charge in [-0.3, -0.25) is 5.21 Å². The molecule has 0 fully saturated rings. The molecule has 4 aromatic rings. The minimum absolute atomic E-state index is 0.333. The Morgan fingerprint density at radius 2 is 2.04 bits per heavy atom. The zero-order chi connectivity index (χ0) is 19.7. The largest absolute Gasteiger partial charge is 0.366 e. The third-order valence-electron chi connectivity index (χ3n) is 4.47. The van der Waals surface area contributed by atoms with Gasteiger partial charge in [-0.25, -0.2) is 4.98 Å². The molecule has 0 atom stereocenters. The van der Waals surface area contributed by atoms with Crippen molar-refractivity contribution in [2.75, 3.05) is 5.32 Å². The van der Waals surface area contributed by atoms with E-state index < -0.39 is 0 Å². The fourth-order valence-electron chi connectivity index (χ4n) is 3.04. The molecule has 0 aliphatic heterocycles. The van der Waals surface area contributed by atoms with Crippen LogP contribution in [0.4, 0.5) is 5.82 Å². The first kappa shape index (κ1) is 18.7. The van der Waals surface area contributed by atoms with Crippen LogP contribution in [0.3, 0.4) is 0 Å². The van der Waals surface area contributed by atoms with Gasteiger partial charge in [-0.05, 0) is 40.0 Å². The lowest BCUT2D eigenvalue weighted by molar-refractivity contribution is -0.903. The van der Waals surface area contributed by atoms with Crippen LogP contribution in [0.5, 0.6) is 0 Å². The van der Waals surface area contributed by atoms with E-state index in [-0.39, 0.29) is 0 Å². The molecule has 0 amide bonds. The molecule has 0 bridgehead atoms. The first-order valence-electron chi connectivity index (χ1n) is 8.82. The molecule has 8 heteroatoms. The van der Waals surface area contributed by atoms with Crippen molar-refractivity contribution in [3.8, 4) is 11.3 Å². The number of aromatic nitrogens is 4. The van der Waals surface area contributed by atoms with Crippen LogP contribution in [0, 0.1) is 0 Å². The third-order valence-corrected chi connectivity index (χ3v) is 5.44. The van der Waals surface area contributed by atoms with Gasteiger partial charge in [0.1, 0.15) is 5.82 Å². The second kappa shape index (κ2) is 7.77. The van der Waals surface area contributed by atoms with E-state index in [4.69, 9.17) is 16.6 Å².